The highest BCUT2D eigenvalue weighted by Crippen LogP contribution is 2.34. The molecule has 0 spiro atoms. The first-order chi connectivity index (χ1) is 9.60. The lowest BCUT2D eigenvalue weighted by Crippen LogP contribution is -2.31. The molecule has 4 heteroatoms. The van der Waals surface area contributed by atoms with Crippen molar-refractivity contribution in [1.29, 1.82) is 0 Å². The molecule has 1 aromatic heterocycles. The third kappa shape index (κ3) is 3.05. The minimum atomic E-state index is -0.982. The Morgan fingerprint density at radius 3 is 2.55 bits per heavy atom. The van der Waals surface area contributed by atoms with Crippen molar-refractivity contribution in [3.63, 3.8) is 0 Å². The zero-order valence-electron chi connectivity index (χ0n) is 12.0. The summed E-state index contributed by atoms with van der Waals surface area (Å²) in [5.41, 5.74) is 0.842. The van der Waals surface area contributed by atoms with E-state index >= 15 is 0 Å². The van der Waals surface area contributed by atoms with Crippen LogP contribution in [0.1, 0.15) is 37.9 Å². The molecule has 2 rings (SSSR count). The quantitative estimate of drug-likeness (QED) is 0.880. The number of halogens is 1. The van der Waals surface area contributed by atoms with Gasteiger partial charge in [0.25, 0.3) is 0 Å². The molecule has 0 fully saturated rings. The first-order valence-electron chi connectivity index (χ1n) is 7.08. The summed E-state index contributed by atoms with van der Waals surface area (Å²) >= 11 is 6.27. The number of aromatic nitrogens is 2. The van der Waals surface area contributed by atoms with Gasteiger partial charge in [-0.15, -0.1) is 0 Å². The Kier molecular flexibility index (Phi) is 4.84. The molecule has 0 aliphatic heterocycles. The van der Waals surface area contributed by atoms with Gasteiger partial charge in [0.1, 0.15) is 5.60 Å². The van der Waals surface area contributed by atoms with Crippen LogP contribution in [0.15, 0.2) is 36.5 Å². The number of benzene rings is 1. The summed E-state index contributed by atoms with van der Waals surface area (Å²) in [6.07, 6.45) is 3.71. The normalized spacial score (nSPS) is 14.2. The topological polar surface area (TPSA) is 38.0 Å². The van der Waals surface area contributed by atoms with Gasteiger partial charge < -0.3 is 5.11 Å². The summed E-state index contributed by atoms with van der Waals surface area (Å²) in [5, 5.41) is 15.9. The SMILES string of the molecule is CCCn1ncc(Cl)c1C(O)(CC)Cc1ccccc1. The van der Waals surface area contributed by atoms with E-state index in [9.17, 15) is 5.11 Å². The second kappa shape index (κ2) is 6.42. The third-order valence-corrected chi connectivity index (χ3v) is 3.87. The van der Waals surface area contributed by atoms with Crippen molar-refractivity contribution < 1.29 is 5.11 Å². The number of nitrogens with zero attached hydrogens (tertiary/aromatic N) is 2. The Bertz CT molecular complexity index is 553. The van der Waals surface area contributed by atoms with Gasteiger partial charge >= 0.3 is 0 Å². The molecular formula is C16H21ClN2O. The highest BCUT2D eigenvalue weighted by atomic mass is 35.5. The smallest absolute Gasteiger partial charge is 0.111 e. The molecule has 0 bridgehead atoms. The van der Waals surface area contributed by atoms with E-state index in [1.165, 1.54) is 0 Å². The van der Waals surface area contributed by atoms with Crippen LogP contribution in [0.5, 0.6) is 0 Å². The van der Waals surface area contributed by atoms with Gasteiger partial charge in [0.15, 0.2) is 0 Å². The predicted molar refractivity (Wildman–Crippen MR) is 81.9 cm³/mol. The molecule has 0 radical (unpaired) electrons. The fourth-order valence-electron chi connectivity index (χ4n) is 2.52. The van der Waals surface area contributed by atoms with Crippen molar-refractivity contribution in [2.45, 2.75) is 45.3 Å². The van der Waals surface area contributed by atoms with E-state index in [-0.39, 0.29) is 0 Å². The monoisotopic (exact) mass is 292 g/mol. The fraction of sp³-hybridized carbons (Fsp3) is 0.438. The zero-order chi connectivity index (χ0) is 14.6. The lowest BCUT2D eigenvalue weighted by atomic mass is 9.88. The Morgan fingerprint density at radius 1 is 1.25 bits per heavy atom. The van der Waals surface area contributed by atoms with Crippen LogP contribution in [0.25, 0.3) is 0 Å². The van der Waals surface area contributed by atoms with Crippen molar-refractivity contribution in [3.8, 4) is 0 Å². The highest BCUT2D eigenvalue weighted by molar-refractivity contribution is 6.31. The molecule has 0 saturated heterocycles. The van der Waals surface area contributed by atoms with Gasteiger partial charge in [-0.05, 0) is 18.4 Å². The van der Waals surface area contributed by atoms with E-state index in [1.54, 1.807) is 6.20 Å². The van der Waals surface area contributed by atoms with Gasteiger partial charge in [-0.2, -0.15) is 5.10 Å². The van der Waals surface area contributed by atoms with Crippen molar-refractivity contribution in [2.24, 2.45) is 0 Å². The maximum atomic E-state index is 11.1. The van der Waals surface area contributed by atoms with Crippen LogP contribution in [0.4, 0.5) is 0 Å². The Labute approximate surface area is 125 Å². The van der Waals surface area contributed by atoms with Crippen LogP contribution in [-0.2, 0) is 18.6 Å². The molecule has 0 amide bonds. The largest absolute Gasteiger partial charge is 0.383 e. The minimum Gasteiger partial charge on any atom is -0.383 e. The van der Waals surface area contributed by atoms with Gasteiger partial charge in [0.05, 0.1) is 16.9 Å². The van der Waals surface area contributed by atoms with Gasteiger partial charge in [-0.3, -0.25) is 4.68 Å². The molecule has 1 N–H and O–H groups in total. The maximum absolute atomic E-state index is 11.1. The minimum absolute atomic E-state index is 0.540. The Hall–Kier alpha value is -1.32. The van der Waals surface area contributed by atoms with Gasteiger partial charge in [-0.25, -0.2) is 0 Å². The van der Waals surface area contributed by atoms with Crippen LogP contribution in [-0.4, -0.2) is 14.9 Å². The molecule has 0 aliphatic rings. The second-order valence-corrected chi connectivity index (χ2v) is 5.52. The van der Waals surface area contributed by atoms with Crippen LogP contribution < -0.4 is 0 Å². The van der Waals surface area contributed by atoms with Gasteiger partial charge in [0, 0.05) is 13.0 Å². The number of rotatable bonds is 6. The van der Waals surface area contributed by atoms with E-state index in [2.05, 4.69) is 12.0 Å². The average Bonchev–Trinajstić information content (AvgIpc) is 2.82. The number of hydrogen-bond acceptors (Lipinski definition) is 2. The number of aryl methyl sites for hydroxylation is 1. The first-order valence-corrected chi connectivity index (χ1v) is 7.46. The van der Waals surface area contributed by atoms with Gasteiger partial charge in [-0.1, -0.05) is 55.8 Å². The number of hydrogen-bond donors (Lipinski definition) is 1. The predicted octanol–water partition coefficient (Wildman–Crippen LogP) is 3.79. The van der Waals surface area contributed by atoms with Crippen LogP contribution >= 0.6 is 11.6 Å². The molecule has 108 valence electrons. The van der Waals surface area contributed by atoms with Crippen LogP contribution in [0.3, 0.4) is 0 Å². The van der Waals surface area contributed by atoms with E-state index in [1.807, 2.05) is 41.9 Å². The number of aliphatic hydroxyl groups is 1. The van der Waals surface area contributed by atoms with Crippen molar-refractivity contribution in [2.75, 3.05) is 0 Å². The van der Waals surface area contributed by atoms with Crippen molar-refractivity contribution in [1.82, 2.24) is 9.78 Å². The molecular weight excluding hydrogens is 272 g/mol. The molecule has 20 heavy (non-hydrogen) atoms. The van der Waals surface area contributed by atoms with E-state index in [4.69, 9.17) is 11.6 Å². The summed E-state index contributed by atoms with van der Waals surface area (Å²) < 4.78 is 1.83. The Balaban J connectivity index is 2.37. The second-order valence-electron chi connectivity index (χ2n) is 5.11. The molecule has 1 aromatic carbocycles. The first kappa shape index (κ1) is 15.1. The van der Waals surface area contributed by atoms with Gasteiger partial charge in [0.2, 0.25) is 0 Å². The van der Waals surface area contributed by atoms with Crippen molar-refractivity contribution >= 4 is 11.6 Å². The maximum Gasteiger partial charge on any atom is 0.111 e. The fourth-order valence-corrected chi connectivity index (χ4v) is 2.83. The van der Waals surface area contributed by atoms with E-state index < -0.39 is 5.60 Å². The summed E-state index contributed by atoms with van der Waals surface area (Å²) in [6, 6.07) is 9.99. The summed E-state index contributed by atoms with van der Waals surface area (Å²) in [7, 11) is 0. The molecule has 0 saturated carbocycles. The molecule has 2 aromatic rings. The van der Waals surface area contributed by atoms with Crippen LogP contribution in [0, 0.1) is 0 Å². The summed E-state index contributed by atoms with van der Waals surface area (Å²) in [6.45, 7) is 4.82. The zero-order valence-corrected chi connectivity index (χ0v) is 12.8. The lowest BCUT2D eigenvalue weighted by Gasteiger charge is -2.28. The molecule has 0 aliphatic carbocycles. The summed E-state index contributed by atoms with van der Waals surface area (Å²) in [4.78, 5) is 0. The Morgan fingerprint density at radius 2 is 1.95 bits per heavy atom. The lowest BCUT2D eigenvalue weighted by molar-refractivity contribution is 0.0235. The third-order valence-electron chi connectivity index (χ3n) is 3.60. The molecule has 1 heterocycles. The highest BCUT2D eigenvalue weighted by Gasteiger charge is 2.33. The average molecular weight is 293 g/mol. The van der Waals surface area contributed by atoms with E-state index in [0.717, 1.165) is 24.2 Å². The molecule has 1 atom stereocenters. The van der Waals surface area contributed by atoms with E-state index in [0.29, 0.717) is 17.9 Å². The van der Waals surface area contributed by atoms with Crippen LogP contribution in [0.2, 0.25) is 5.02 Å². The van der Waals surface area contributed by atoms with Crippen molar-refractivity contribution in [3.05, 3.63) is 52.8 Å². The molecule has 1 unspecified atom stereocenters. The summed E-state index contributed by atoms with van der Waals surface area (Å²) in [5.74, 6) is 0. The standard InChI is InChI=1S/C16H21ClN2O/c1-3-10-19-15(14(17)12-18-19)16(20,4-2)11-13-8-6-5-7-9-13/h5-9,12,20H,3-4,10-11H2,1-2H3. The molecule has 3 nitrogen and oxygen atoms in total.